The lowest BCUT2D eigenvalue weighted by atomic mass is 10.1. The number of hydrogen-bond acceptors (Lipinski definition) is 3. The van der Waals surface area contributed by atoms with Crippen LogP contribution in [0.25, 0.3) is 11.0 Å². The molecule has 0 aliphatic heterocycles. The van der Waals surface area contributed by atoms with E-state index in [0.29, 0.717) is 11.1 Å². The fourth-order valence-electron chi connectivity index (χ4n) is 2.42. The van der Waals surface area contributed by atoms with E-state index in [2.05, 4.69) is 11.9 Å². The third kappa shape index (κ3) is 2.96. The molecule has 1 aromatic carbocycles. The van der Waals surface area contributed by atoms with Gasteiger partial charge in [-0.05, 0) is 38.5 Å². The van der Waals surface area contributed by atoms with E-state index in [-0.39, 0.29) is 5.78 Å². The van der Waals surface area contributed by atoms with E-state index < -0.39 is 12.0 Å². The summed E-state index contributed by atoms with van der Waals surface area (Å²) in [5, 5.41) is 9.30. The maximum atomic E-state index is 11.5. The lowest BCUT2D eigenvalue weighted by Crippen LogP contribution is -2.18. The minimum Gasteiger partial charge on any atom is -0.480 e. The summed E-state index contributed by atoms with van der Waals surface area (Å²) in [6, 6.07) is 4.57. The SMILES string of the molecule is CCCCc1nc2cc(C(C)=O)ccc2n1C(C)C(=O)O. The number of carboxylic acid groups (broad SMARTS) is 1. The molecular weight excluding hydrogens is 268 g/mol. The number of ketones is 1. The van der Waals surface area contributed by atoms with Crippen molar-refractivity contribution in [2.45, 2.75) is 46.1 Å². The molecule has 5 heteroatoms. The molecule has 21 heavy (non-hydrogen) atoms. The molecule has 2 aromatic rings. The van der Waals surface area contributed by atoms with Crippen molar-refractivity contribution in [3.8, 4) is 0 Å². The second kappa shape index (κ2) is 6.08. The predicted molar refractivity (Wildman–Crippen MR) is 80.7 cm³/mol. The van der Waals surface area contributed by atoms with E-state index in [4.69, 9.17) is 0 Å². The molecule has 5 nitrogen and oxygen atoms in total. The van der Waals surface area contributed by atoms with E-state index in [0.717, 1.165) is 30.6 Å². The molecule has 1 aromatic heterocycles. The summed E-state index contributed by atoms with van der Waals surface area (Å²) >= 11 is 0. The Morgan fingerprint density at radius 3 is 2.67 bits per heavy atom. The van der Waals surface area contributed by atoms with Gasteiger partial charge in [0.05, 0.1) is 11.0 Å². The van der Waals surface area contributed by atoms with Crippen LogP contribution < -0.4 is 0 Å². The molecule has 0 aliphatic rings. The highest BCUT2D eigenvalue weighted by Crippen LogP contribution is 2.24. The second-order valence-electron chi connectivity index (χ2n) is 5.28. The number of benzene rings is 1. The highest BCUT2D eigenvalue weighted by molar-refractivity contribution is 5.97. The minimum absolute atomic E-state index is 0.0205. The first-order valence-electron chi connectivity index (χ1n) is 7.20. The molecule has 0 saturated heterocycles. The van der Waals surface area contributed by atoms with Crippen LogP contribution >= 0.6 is 0 Å². The van der Waals surface area contributed by atoms with Crippen LogP contribution in [0, 0.1) is 0 Å². The van der Waals surface area contributed by atoms with Crippen LogP contribution in [0.3, 0.4) is 0 Å². The van der Waals surface area contributed by atoms with Gasteiger partial charge in [0.1, 0.15) is 11.9 Å². The molecule has 112 valence electrons. The zero-order valence-electron chi connectivity index (χ0n) is 12.6. The number of aryl methyl sites for hydroxylation is 1. The van der Waals surface area contributed by atoms with Gasteiger partial charge in [-0.3, -0.25) is 4.79 Å². The summed E-state index contributed by atoms with van der Waals surface area (Å²) in [6.07, 6.45) is 2.71. The standard InChI is InChI=1S/C16H20N2O3/c1-4-5-6-15-17-13-9-12(11(3)19)7-8-14(13)18(15)10(2)16(20)21/h7-10H,4-6H2,1-3H3,(H,20,21). The molecule has 0 fully saturated rings. The largest absolute Gasteiger partial charge is 0.480 e. The normalized spacial score (nSPS) is 12.5. The van der Waals surface area contributed by atoms with Gasteiger partial charge in [-0.1, -0.05) is 13.3 Å². The fraction of sp³-hybridized carbons (Fsp3) is 0.438. The summed E-state index contributed by atoms with van der Waals surface area (Å²) in [5.74, 6) is -0.141. The second-order valence-corrected chi connectivity index (χ2v) is 5.28. The molecule has 0 radical (unpaired) electrons. The maximum Gasteiger partial charge on any atom is 0.326 e. The van der Waals surface area contributed by atoms with Crippen LogP contribution in [-0.2, 0) is 11.2 Å². The Bertz CT molecular complexity index is 688. The van der Waals surface area contributed by atoms with Crippen LogP contribution in [0.4, 0.5) is 0 Å². The van der Waals surface area contributed by atoms with Gasteiger partial charge in [0.15, 0.2) is 5.78 Å². The summed E-state index contributed by atoms with van der Waals surface area (Å²) in [5.41, 5.74) is 2.04. The van der Waals surface area contributed by atoms with Gasteiger partial charge in [-0.25, -0.2) is 9.78 Å². The van der Waals surface area contributed by atoms with Crippen molar-refractivity contribution in [3.05, 3.63) is 29.6 Å². The third-order valence-corrected chi connectivity index (χ3v) is 3.67. The lowest BCUT2D eigenvalue weighted by Gasteiger charge is -2.13. The van der Waals surface area contributed by atoms with E-state index in [1.807, 2.05) is 0 Å². The number of fused-ring (bicyclic) bond motifs is 1. The van der Waals surface area contributed by atoms with E-state index >= 15 is 0 Å². The van der Waals surface area contributed by atoms with E-state index in [1.54, 1.807) is 29.7 Å². The fourth-order valence-corrected chi connectivity index (χ4v) is 2.42. The molecule has 0 saturated carbocycles. The first-order valence-corrected chi connectivity index (χ1v) is 7.20. The molecule has 1 unspecified atom stereocenters. The maximum absolute atomic E-state index is 11.5. The average molecular weight is 288 g/mol. The molecule has 1 heterocycles. The van der Waals surface area contributed by atoms with Gasteiger partial charge in [0.25, 0.3) is 0 Å². The Labute approximate surface area is 123 Å². The number of unbranched alkanes of at least 4 members (excludes halogenated alkanes) is 1. The van der Waals surface area contributed by atoms with Crippen LogP contribution in [0.15, 0.2) is 18.2 Å². The van der Waals surface area contributed by atoms with Crippen LogP contribution in [0.1, 0.15) is 55.8 Å². The zero-order chi connectivity index (χ0) is 15.6. The number of nitrogens with zero attached hydrogens (tertiary/aromatic N) is 2. The van der Waals surface area contributed by atoms with Crippen molar-refractivity contribution in [2.24, 2.45) is 0 Å². The highest BCUT2D eigenvalue weighted by Gasteiger charge is 2.21. The van der Waals surface area contributed by atoms with E-state index in [9.17, 15) is 14.7 Å². The van der Waals surface area contributed by atoms with Crippen molar-refractivity contribution in [1.29, 1.82) is 0 Å². The first-order chi connectivity index (χ1) is 9.95. The molecule has 0 bridgehead atoms. The van der Waals surface area contributed by atoms with Crippen molar-refractivity contribution < 1.29 is 14.7 Å². The summed E-state index contributed by atoms with van der Waals surface area (Å²) in [7, 11) is 0. The van der Waals surface area contributed by atoms with Crippen molar-refractivity contribution in [1.82, 2.24) is 9.55 Å². The quantitative estimate of drug-likeness (QED) is 0.828. The average Bonchev–Trinajstić information content (AvgIpc) is 2.81. The lowest BCUT2D eigenvalue weighted by molar-refractivity contribution is -0.140. The number of carboxylic acids is 1. The van der Waals surface area contributed by atoms with Crippen LogP contribution in [0.5, 0.6) is 0 Å². The van der Waals surface area contributed by atoms with Gasteiger partial charge in [0.2, 0.25) is 0 Å². The molecular formula is C16H20N2O3. The summed E-state index contributed by atoms with van der Waals surface area (Å²) in [4.78, 5) is 27.4. The molecule has 0 amide bonds. The number of imidazole rings is 1. The number of rotatable bonds is 6. The summed E-state index contributed by atoms with van der Waals surface area (Å²) in [6.45, 7) is 5.25. The molecule has 0 aliphatic carbocycles. The Morgan fingerprint density at radius 1 is 1.38 bits per heavy atom. The monoisotopic (exact) mass is 288 g/mol. The summed E-state index contributed by atoms with van der Waals surface area (Å²) < 4.78 is 1.76. The van der Waals surface area contributed by atoms with E-state index in [1.165, 1.54) is 6.92 Å². The third-order valence-electron chi connectivity index (χ3n) is 3.67. The number of Topliss-reactive ketones (excluding diaryl/α,β-unsaturated/α-hetero) is 1. The van der Waals surface area contributed by atoms with Gasteiger partial charge >= 0.3 is 5.97 Å². The highest BCUT2D eigenvalue weighted by atomic mass is 16.4. The van der Waals surface area contributed by atoms with Crippen molar-refractivity contribution >= 4 is 22.8 Å². The van der Waals surface area contributed by atoms with Crippen molar-refractivity contribution in [3.63, 3.8) is 0 Å². The van der Waals surface area contributed by atoms with Gasteiger partial charge in [-0.15, -0.1) is 0 Å². The molecule has 1 N–H and O–H groups in total. The van der Waals surface area contributed by atoms with Gasteiger partial charge < -0.3 is 9.67 Å². The molecule has 2 rings (SSSR count). The predicted octanol–water partition coefficient (Wildman–Crippen LogP) is 3.23. The topological polar surface area (TPSA) is 72.2 Å². The Hall–Kier alpha value is -2.17. The molecule has 1 atom stereocenters. The van der Waals surface area contributed by atoms with Gasteiger partial charge in [-0.2, -0.15) is 0 Å². The number of carbonyl (C=O) groups excluding carboxylic acids is 1. The minimum atomic E-state index is -0.886. The van der Waals surface area contributed by atoms with Crippen LogP contribution in [0.2, 0.25) is 0 Å². The Kier molecular flexibility index (Phi) is 4.40. The Morgan fingerprint density at radius 2 is 2.10 bits per heavy atom. The smallest absolute Gasteiger partial charge is 0.326 e. The first kappa shape index (κ1) is 15.2. The molecule has 0 spiro atoms. The van der Waals surface area contributed by atoms with Crippen LogP contribution in [-0.4, -0.2) is 26.4 Å². The number of carbonyl (C=O) groups is 2. The number of aliphatic carboxylic acids is 1. The van der Waals surface area contributed by atoms with Crippen molar-refractivity contribution in [2.75, 3.05) is 0 Å². The Balaban J connectivity index is 2.60. The number of hydrogen-bond donors (Lipinski definition) is 1. The number of aromatic nitrogens is 2. The zero-order valence-corrected chi connectivity index (χ0v) is 12.6. The van der Waals surface area contributed by atoms with Gasteiger partial charge in [0, 0.05) is 12.0 Å².